The van der Waals surface area contributed by atoms with Gasteiger partial charge < -0.3 is 10.2 Å². The van der Waals surface area contributed by atoms with E-state index in [0.29, 0.717) is 24.2 Å². The molecule has 3 rings (SSSR count). The van der Waals surface area contributed by atoms with Crippen molar-refractivity contribution in [3.63, 3.8) is 0 Å². The lowest BCUT2D eigenvalue weighted by atomic mass is 10.1. The number of benzene rings is 2. The number of β-amino-alcohol motifs (C(OH)–C–C–N with tert-alkyl or cyclic N) is 1. The highest BCUT2D eigenvalue weighted by molar-refractivity contribution is 6.21. The van der Waals surface area contributed by atoms with Crippen LogP contribution < -0.4 is 0 Å². The summed E-state index contributed by atoms with van der Waals surface area (Å²) in [5, 5.41) is 19.7. The maximum atomic E-state index is 13.0. The maximum absolute atomic E-state index is 13.0. The molecule has 1 unspecified atom stereocenters. The normalized spacial score (nSPS) is 14.7. The number of nitrogens with zero attached hydrogens (tertiary/aromatic N) is 2. The first-order valence-electron chi connectivity index (χ1n) is 8.70. The molecule has 0 aromatic heterocycles. The zero-order valence-electron chi connectivity index (χ0n) is 14.7. The van der Waals surface area contributed by atoms with Crippen molar-refractivity contribution in [1.29, 1.82) is 0 Å². The number of fused-ring (bicyclic) bond motifs is 1. The molecule has 6 nitrogen and oxygen atoms in total. The first-order valence-corrected chi connectivity index (χ1v) is 8.70. The lowest BCUT2D eigenvalue weighted by Crippen LogP contribution is -2.43. The van der Waals surface area contributed by atoms with Gasteiger partial charge in [0.05, 0.1) is 30.4 Å². The SMILES string of the molecule is O=C1c2ccccc2C(=O)N1CC(O)CN(CCO)Cc1ccc(F)cc1. The van der Waals surface area contributed by atoms with Crippen LogP contribution in [0.5, 0.6) is 0 Å². The molecule has 0 bridgehead atoms. The van der Waals surface area contributed by atoms with E-state index in [4.69, 9.17) is 0 Å². The van der Waals surface area contributed by atoms with Crippen LogP contribution in [0.15, 0.2) is 48.5 Å². The van der Waals surface area contributed by atoms with Crippen LogP contribution in [-0.4, -0.2) is 64.2 Å². The van der Waals surface area contributed by atoms with Crippen LogP contribution in [-0.2, 0) is 6.54 Å². The van der Waals surface area contributed by atoms with E-state index in [0.717, 1.165) is 10.5 Å². The van der Waals surface area contributed by atoms with Gasteiger partial charge in [-0.2, -0.15) is 0 Å². The Morgan fingerprint density at radius 1 is 1.00 bits per heavy atom. The lowest BCUT2D eigenvalue weighted by Gasteiger charge is -2.26. The quantitative estimate of drug-likeness (QED) is 0.683. The number of halogens is 1. The van der Waals surface area contributed by atoms with Gasteiger partial charge >= 0.3 is 0 Å². The maximum Gasteiger partial charge on any atom is 0.261 e. The number of carbonyl (C=O) groups is 2. The van der Waals surface area contributed by atoms with Crippen LogP contribution in [0.4, 0.5) is 4.39 Å². The summed E-state index contributed by atoms with van der Waals surface area (Å²) >= 11 is 0. The first kappa shape index (κ1) is 19.2. The fourth-order valence-corrected chi connectivity index (χ4v) is 3.20. The first-order chi connectivity index (χ1) is 13.0. The summed E-state index contributed by atoms with van der Waals surface area (Å²) in [6.07, 6.45) is -0.973. The van der Waals surface area contributed by atoms with Crippen molar-refractivity contribution in [3.8, 4) is 0 Å². The molecule has 27 heavy (non-hydrogen) atoms. The van der Waals surface area contributed by atoms with Gasteiger partial charge in [-0.25, -0.2) is 4.39 Å². The number of hydrogen-bond acceptors (Lipinski definition) is 5. The predicted octanol–water partition coefficient (Wildman–Crippen LogP) is 1.28. The highest BCUT2D eigenvalue weighted by Crippen LogP contribution is 2.22. The average Bonchev–Trinajstić information content (AvgIpc) is 2.89. The van der Waals surface area contributed by atoms with E-state index in [2.05, 4.69) is 0 Å². The number of hydrogen-bond donors (Lipinski definition) is 2. The lowest BCUT2D eigenvalue weighted by molar-refractivity contribution is 0.0447. The molecule has 0 aliphatic carbocycles. The second-order valence-corrected chi connectivity index (χ2v) is 6.51. The number of amides is 2. The Kier molecular flexibility index (Phi) is 5.95. The molecule has 142 valence electrons. The van der Waals surface area contributed by atoms with Crippen molar-refractivity contribution in [2.24, 2.45) is 0 Å². The Labute approximate surface area is 156 Å². The van der Waals surface area contributed by atoms with E-state index in [1.807, 2.05) is 0 Å². The number of aliphatic hydroxyl groups is 2. The third-order valence-electron chi connectivity index (χ3n) is 4.48. The van der Waals surface area contributed by atoms with Gasteiger partial charge in [-0.05, 0) is 29.8 Å². The van der Waals surface area contributed by atoms with Crippen molar-refractivity contribution in [3.05, 3.63) is 71.0 Å². The summed E-state index contributed by atoms with van der Waals surface area (Å²) in [4.78, 5) is 27.6. The van der Waals surface area contributed by atoms with Crippen molar-refractivity contribution in [1.82, 2.24) is 9.80 Å². The van der Waals surface area contributed by atoms with Crippen LogP contribution in [0.2, 0.25) is 0 Å². The molecule has 0 saturated heterocycles. The Hall–Kier alpha value is -2.61. The van der Waals surface area contributed by atoms with E-state index in [9.17, 15) is 24.2 Å². The molecule has 1 aliphatic heterocycles. The molecule has 0 radical (unpaired) electrons. The Morgan fingerprint density at radius 3 is 2.15 bits per heavy atom. The molecule has 0 spiro atoms. The molecular weight excluding hydrogens is 351 g/mol. The van der Waals surface area contributed by atoms with Crippen LogP contribution in [0, 0.1) is 5.82 Å². The minimum Gasteiger partial charge on any atom is -0.395 e. The van der Waals surface area contributed by atoms with Gasteiger partial charge in [0.2, 0.25) is 0 Å². The molecule has 2 N–H and O–H groups in total. The van der Waals surface area contributed by atoms with Gasteiger partial charge in [0.15, 0.2) is 0 Å². The van der Waals surface area contributed by atoms with Crippen molar-refractivity contribution in [2.75, 3.05) is 26.2 Å². The number of rotatable bonds is 8. The smallest absolute Gasteiger partial charge is 0.261 e. The second-order valence-electron chi connectivity index (χ2n) is 6.51. The van der Waals surface area contributed by atoms with Gasteiger partial charge in [-0.15, -0.1) is 0 Å². The Bertz CT molecular complexity index is 790. The van der Waals surface area contributed by atoms with Gasteiger partial charge in [-0.1, -0.05) is 24.3 Å². The highest BCUT2D eigenvalue weighted by Gasteiger charge is 2.36. The predicted molar refractivity (Wildman–Crippen MR) is 96.6 cm³/mol. The van der Waals surface area contributed by atoms with Gasteiger partial charge in [0.1, 0.15) is 5.82 Å². The zero-order valence-corrected chi connectivity index (χ0v) is 14.7. The summed E-state index contributed by atoms with van der Waals surface area (Å²) in [5.74, 6) is -1.16. The topological polar surface area (TPSA) is 81.1 Å². The molecule has 2 aromatic carbocycles. The largest absolute Gasteiger partial charge is 0.395 e. The molecule has 7 heteroatoms. The van der Waals surface area contributed by atoms with E-state index < -0.39 is 17.9 Å². The Morgan fingerprint density at radius 2 is 1.59 bits per heavy atom. The van der Waals surface area contributed by atoms with Gasteiger partial charge in [0, 0.05) is 19.6 Å². The third kappa shape index (κ3) is 4.39. The molecule has 0 saturated carbocycles. The minimum absolute atomic E-state index is 0.110. The molecule has 2 amide bonds. The molecule has 1 atom stereocenters. The van der Waals surface area contributed by atoms with Crippen LogP contribution in [0.25, 0.3) is 0 Å². The number of carbonyl (C=O) groups excluding carboxylic acids is 2. The summed E-state index contributed by atoms with van der Waals surface area (Å²) in [7, 11) is 0. The van der Waals surface area contributed by atoms with Crippen molar-refractivity contribution >= 4 is 11.8 Å². The summed E-state index contributed by atoms with van der Waals surface area (Å²) < 4.78 is 13.0. The minimum atomic E-state index is -0.973. The summed E-state index contributed by atoms with van der Waals surface area (Å²) in [5.41, 5.74) is 1.51. The van der Waals surface area contributed by atoms with E-state index in [1.165, 1.54) is 12.1 Å². The standard InChI is InChI=1S/C20H21FN2O4/c21-15-7-5-14(6-8-15)11-22(9-10-24)12-16(25)13-23-19(26)17-3-1-2-4-18(17)20(23)27/h1-8,16,24-25H,9-13H2. The molecule has 2 aromatic rings. The van der Waals surface area contributed by atoms with E-state index in [1.54, 1.807) is 41.3 Å². The fraction of sp³-hybridized carbons (Fsp3) is 0.300. The van der Waals surface area contributed by atoms with Crippen LogP contribution in [0.3, 0.4) is 0 Å². The number of aliphatic hydroxyl groups excluding tert-OH is 2. The second kappa shape index (κ2) is 8.39. The molecule has 1 heterocycles. The van der Waals surface area contributed by atoms with E-state index >= 15 is 0 Å². The van der Waals surface area contributed by atoms with E-state index in [-0.39, 0.29) is 25.5 Å². The zero-order chi connectivity index (χ0) is 19.4. The third-order valence-corrected chi connectivity index (χ3v) is 4.48. The fourth-order valence-electron chi connectivity index (χ4n) is 3.20. The summed E-state index contributed by atoms with van der Waals surface area (Å²) in [6, 6.07) is 12.5. The van der Waals surface area contributed by atoms with Crippen molar-refractivity contribution < 1.29 is 24.2 Å². The molecular formula is C20H21FN2O4. The number of imide groups is 1. The van der Waals surface area contributed by atoms with Crippen LogP contribution in [0.1, 0.15) is 26.3 Å². The van der Waals surface area contributed by atoms with Gasteiger partial charge in [0.25, 0.3) is 11.8 Å². The highest BCUT2D eigenvalue weighted by atomic mass is 19.1. The molecule has 1 aliphatic rings. The monoisotopic (exact) mass is 372 g/mol. The summed E-state index contributed by atoms with van der Waals surface area (Å²) in [6.45, 7) is 0.626. The molecule has 0 fully saturated rings. The Balaban J connectivity index is 1.63. The van der Waals surface area contributed by atoms with Gasteiger partial charge in [-0.3, -0.25) is 19.4 Å². The van der Waals surface area contributed by atoms with Crippen LogP contribution >= 0.6 is 0 Å². The average molecular weight is 372 g/mol. The van der Waals surface area contributed by atoms with Crippen molar-refractivity contribution in [2.45, 2.75) is 12.6 Å².